The summed E-state index contributed by atoms with van der Waals surface area (Å²) in [5, 5.41) is 5.93. The van der Waals surface area contributed by atoms with Crippen molar-refractivity contribution in [3.63, 3.8) is 0 Å². The van der Waals surface area contributed by atoms with Gasteiger partial charge in [0.1, 0.15) is 0 Å². The zero-order chi connectivity index (χ0) is 11.1. The van der Waals surface area contributed by atoms with Crippen molar-refractivity contribution in [1.29, 1.82) is 0 Å². The number of rotatable bonds is 7. The summed E-state index contributed by atoms with van der Waals surface area (Å²) in [5.74, 6) is 0. The Morgan fingerprint density at radius 3 is 2.93 bits per heavy atom. The van der Waals surface area contributed by atoms with Crippen molar-refractivity contribution in [3.05, 3.63) is 0 Å². The zero-order valence-electron chi connectivity index (χ0n) is 9.75. The Balaban J connectivity index is 2.05. The number of likely N-dealkylation sites (N-methyl/N-ethyl adjacent to an activating group) is 1. The standard InChI is InChI=1S/C10H22N4O/c1-11-4-3-6-13(2)8-9-14-7-5-12-10(14)15/h11H,3-9H2,1-2H3,(H,12,15). The molecule has 15 heavy (non-hydrogen) atoms. The Morgan fingerprint density at radius 1 is 1.53 bits per heavy atom. The number of carbonyl (C=O) groups excluding carboxylic acids is 1. The highest BCUT2D eigenvalue weighted by molar-refractivity contribution is 5.76. The molecule has 0 aliphatic carbocycles. The largest absolute Gasteiger partial charge is 0.336 e. The van der Waals surface area contributed by atoms with E-state index in [0.717, 1.165) is 45.7 Å². The van der Waals surface area contributed by atoms with Crippen LogP contribution in [-0.2, 0) is 0 Å². The summed E-state index contributed by atoms with van der Waals surface area (Å²) in [4.78, 5) is 15.4. The van der Waals surface area contributed by atoms with Crippen LogP contribution in [0.25, 0.3) is 0 Å². The first-order chi connectivity index (χ1) is 7.24. The molecule has 88 valence electrons. The van der Waals surface area contributed by atoms with Crippen LogP contribution in [-0.4, -0.2) is 69.2 Å². The summed E-state index contributed by atoms with van der Waals surface area (Å²) in [7, 11) is 4.07. The topological polar surface area (TPSA) is 47.6 Å². The summed E-state index contributed by atoms with van der Waals surface area (Å²) in [5.41, 5.74) is 0. The fourth-order valence-corrected chi connectivity index (χ4v) is 1.65. The van der Waals surface area contributed by atoms with E-state index in [2.05, 4.69) is 22.6 Å². The predicted molar refractivity (Wildman–Crippen MR) is 61.0 cm³/mol. The summed E-state index contributed by atoms with van der Waals surface area (Å²) in [6, 6.07) is 0.0821. The van der Waals surface area contributed by atoms with Gasteiger partial charge in [0.25, 0.3) is 0 Å². The SMILES string of the molecule is CNCCCN(C)CCN1CCNC1=O. The molecule has 1 fully saturated rings. The van der Waals surface area contributed by atoms with Crippen molar-refractivity contribution in [3.8, 4) is 0 Å². The van der Waals surface area contributed by atoms with Crippen LogP contribution in [0.3, 0.4) is 0 Å². The maximum Gasteiger partial charge on any atom is 0.317 e. The first-order valence-corrected chi connectivity index (χ1v) is 5.60. The highest BCUT2D eigenvalue weighted by Crippen LogP contribution is 1.96. The third kappa shape index (κ3) is 4.48. The number of hydrogen-bond donors (Lipinski definition) is 2. The summed E-state index contributed by atoms with van der Waals surface area (Å²) >= 11 is 0. The van der Waals surface area contributed by atoms with Crippen LogP contribution >= 0.6 is 0 Å². The third-order valence-corrected chi connectivity index (χ3v) is 2.66. The Bertz CT molecular complexity index is 198. The highest BCUT2D eigenvalue weighted by atomic mass is 16.2. The molecule has 1 saturated heterocycles. The van der Waals surface area contributed by atoms with E-state index in [1.807, 2.05) is 11.9 Å². The van der Waals surface area contributed by atoms with Crippen molar-refractivity contribution in [1.82, 2.24) is 20.4 Å². The Kier molecular flexibility index (Phi) is 5.42. The van der Waals surface area contributed by atoms with Crippen LogP contribution < -0.4 is 10.6 Å². The number of urea groups is 1. The van der Waals surface area contributed by atoms with Crippen molar-refractivity contribution < 1.29 is 4.79 Å². The van der Waals surface area contributed by atoms with E-state index in [1.54, 1.807) is 0 Å². The van der Waals surface area contributed by atoms with Gasteiger partial charge in [0.15, 0.2) is 0 Å². The average molecular weight is 214 g/mol. The molecule has 0 radical (unpaired) electrons. The maximum absolute atomic E-state index is 11.2. The second-order valence-corrected chi connectivity index (χ2v) is 3.98. The van der Waals surface area contributed by atoms with E-state index in [9.17, 15) is 4.79 Å². The number of hydrogen-bond acceptors (Lipinski definition) is 3. The molecule has 0 unspecified atom stereocenters. The van der Waals surface area contributed by atoms with Crippen molar-refractivity contribution in [2.75, 3.05) is 53.4 Å². The molecule has 1 rings (SSSR count). The third-order valence-electron chi connectivity index (χ3n) is 2.66. The van der Waals surface area contributed by atoms with Crippen LogP contribution in [0.1, 0.15) is 6.42 Å². The summed E-state index contributed by atoms with van der Waals surface area (Å²) in [6.07, 6.45) is 1.15. The lowest BCUT2D eigenvalue weighted by Gasteiger charge is -2.20. The molecule has 1 aliphatic heterocycles. The van der Waals surface area contributed by atoms with Gasteiger partial charge in [0.05, 0.1) is 0 Å². The van der Waals surface area contributed by atoms with Gasteiger partial charge in [-0.25, -0.2) is 4.79 Å². The van der Waals surface area contributed by atoms with E-state index in [0.29, 0.717) is 0 Å². The van der Waals surface area contributed by atoms with Gasteiger partial charge < -0.3 is 20.4 Å². The van der Waals surface area contributed by atoms with Crippen molar-refractivity contribution >= 4 is 6.03 Å². The quantitative estimate of drug-likeness (QED) is 0.565. The van der Waals surface area contributed by atoms with Gasteiger partial charge >= 0.3 is 6.03 Å². The molecular formula is C10H22N4O. The van der Waals surface area contributed by atoms with Gasteiger partial charge in [0, 0.05) is 26.2 Å². The first-order valence-electron chi connectivity index (χ1n) is 5.60. The molecule has 2 amide bonds. The number of nitrogens with one attached hydrogen (secondary N) is 2. The molecule has 0 bridgehead atoms. The van der Waals surface area contributed by atoms with Crippen LogP contribution in [0.15, 0.2) is 0 Å². The molecule has 0 aromatic heterocycles. The Hall–Kier alpha value is -0.810. The molecule has 5 heteroatoms. The molecule has 0 saturated carbocycles. The fourth-order valence-electron chi connectivity index (χ4n) is 1.65. The molecule has 0 aromatic carbocycles. The minimum atomic E-state index is 0.0821. The van der Waals surface area contributed by atoms with Crippen molar-refractivity contribution in [2.24, 2.45) is 0 Å². The van der Waals surface area contributed by atoms with Crippen LogP contribution in [0.4, 0.5) is 4.79 Å². The second kappa shape index (κ2) is 6.63. The van der Waals surface area contributed by atoms with Gasteiger partial charge in [-0.15, -0.1) is 0 Å². The van der Waals surface area contributed by atoms with Crippen LogP contribution in [0.2, 0.25) is 0 Å². The molecule has 5 nitrogen and oxygen atoms in total. The molecule has 0 aromatic rings. The number of amides is 2. The second-order valence-electron chi connectivity index (χ2n) is 3.98. The van der Waals surface area contributed by atoms with E-state index >= 15 is 0 Å². The monoisotopic (exact) mass is 214 g/mol. The van der Waals surface area contributed by atoms with Gasteiger partial charge in [-0.05, 0) is 33.6 Å². The van der Waals surface area contributed by atoms with E-state index in [-0.39, 0.29) is 6.03 Å². The van der Waals surface area contributed by atoms with Gasteiger partial charge in [-0.3, -0.25) is 0 Å². The Morgan fingerprint density at radius 2 is 2.33 bits per heavy atom. The first kappa shape index (κ1) is 12.3. The van der Waals surface area contributed by atoms with Crippen LogP contribution in [0.5, 0.6) is 0 Å². The smallest absolute Gasteiger partial charge is 0.317 e. The average Bonchev–Trinajstić information content (AvgIpc) is 2.61. The minimum Gasteiger partial charge on any atom is -0.336 e. The predicted octanol–water partition coefficient (Wildman–Crippen LogP) is -0.447. The maximum atomic E-state index is 11.2. The lowest BCUT2D eigenvalue weighted by molar-refractivity contribution is 0.208. The van der Waals surface area contributed by atoms with Crippen molar-refractivity contribution in [2.45, 2.75) is 6.42 Å². The lowest BCUT2D eigenvalue weighted by Crippen LogP contribution is -2.36. The molecule has 0 atom stereocenters. The zero-order valence-corrected chi connectivity index (χ0v) is 9.75. The molecule has 0 spiro atoms. The van der Waals surface area contributed by atoms with E-state index in [1.165, 1.54) is 0 Å². The summed E-state index contributed by atoms with van der Waals surface area (Å²) < 4.78 is 0. The van der Waals surface area contributed by atoms with E-state index < -0.39 is 0 Å². The lowest BCUT2D eigenvalue weighted by atomic mass is 10.4. The van der Waals surface area contributed by atoms with E-state index in [4.69, 9.17) is 0 Å². The van der Waals surface area contributed by atoms with Crippen LogP contribution in [0, 0.1) is 0 Å². The molecular weight excluding hydrogens is 192 g/mol. The normalized spacial score (nSPS) is 16.2. The summed E-state index contributed by atoms with van der Waals surface area (Å²) in [6.45, 7) is 5.56. The van der Waals surface area contributed by atoms with Gasteiger partial charge in [-0.2, -0.15) is 0 Å². The Labute approximate surface area is 91.8 Å². The number of carbonyl (C=O) groups is 1. The molecule has 1 heterocycles. The molecule has 2 N–H and O–H groups in total. The van der Waals surface area contributed by atoms with Gasteiger partial charge in [-0.1, -0.05) is 0 Å². The number of nitrogens with zero attached hydrogens (tertiary/aromatic N) is 2. The van der Waals surface area contributed by atoms with Gasteiger partial charge in [0.2, 0.25) is 0 Å². The highest BCUT2D eigenvalue weighted by Gasteiger charge is 2.18. The molecule has 1 aliphatic rings. The minimum absolute atomic E-state index is 0.0821. The fraction of sp³-hybridized carbons (Fsp3) is 0.900.